The third-order valence-electron chi connectivity index (χ3n) is 7.31. The maximum atomic E-state index is 14.7. The number of morpholine rings is 1. The van der Waals surface area contributed by atoms with Gasteiger partial charge < -0.3 is 9.64 Å². The Morgan fingerprint density at radius 2 is 2.00 bits per heavy atom. The van der Waals surface area contributed by atoms with E-state index in [9.17, 15) is 13.6 Å². The van der Waals surface area contributed by atoms with Crippen LogP contribution in [0.1, 0.15) is 40.8 Å². The lowest BCUT2D eigenvalue weighted by molar-refractivity contribution is -0.141. The van der Waals surface area contributed by atoms with Crippen LogP contribution >= 0.6 is 0 Å². The highest BCUT2D eigenvalue weighted by atomic mass is 19.1. The highest BCUT2D eigenvalue weighted by molar-refractivity contribution is 5.85. The standard InChI is InChI=1S/C24H22F2N8O2/c25-19-4-1-17(23(26)18(19)9-27)21-11-32-7-8-33(10-14(32)12-36-21)24(35)16-2-5-20-15(16)3-6-22(29-20)34-13-28-30-31-34/h1,3-4,6,13-14,16,21H,2,5,7-8,10-12H2/t14-,16?,21-/m0/s1. The van der Waals surface area contributed by atoms with Gasteiger partial charge in [-0.15, -0.1) is 5.10 Å². The molecule has 2 aromatic heterocycles. The highest BCUT2D eigenvalue weighted by Crippen LogP contribution is 2.35. The monoisotopic (exact) mass is 492 g/mol. The van der Waals surface area contributed by atoms with Gasteiger partial charge in [-0.05, 0) is 41.0 Å². The van der Waals surface area contributed by atoms with Crippen LogP contribution in [-0.2, 0) is 16.0 Å². The average Bonchev–Trinajstić information content (AvgIpc) is 3.58. The van der Waals surface area contributed by atoms with E-state index in [0.717, 1.165) is 17.3 Å². The lowest BCUT2D eigenvalue weighted by Crippen LogP contribution is -2.60. The smallest absolute Gasteiger partial charge is 0.230 e. The van der Waals surface area contributed by atoms with Crippen molar-refractivity contribution in [3.8, 4) is 11.9 Å². The minimum atomic E-state index is -0.880. The van der Waals surface area contributed by atoms with Crippen LogP contribution in [0, 0.1) is 23.0 Å². The van der Waals surface area contributed by atoms with Gasteiger partial charge in [-0.1, -0.05) is 12.1 Å². The normalized spacial score (nSPS) is 23.7. The van der Waals surface area contributed by atoms with Gasteiger partial charge in [0.25, 0.3) is 0 Å². The number of aromatic nitrogens is 5. The molecule has 0 bridgehead atoms. The average molecular weight is 492 g/mol. The number of pyridine rings is 1. The minimum Gasteiger partial charge on any atom is -0.370 e. The fraction of sp³-hybridized carbons (Fsp3) is 0.417. The second kappa shape index (κ2) is 9.00. The van der Waals surface area contributed by atoms with Crippen molar-refractivity contribution in [1.82, 2.24) is 35.0 Å². The summed E-state index contributed by atoms with van der Waals surface area (Å²) in [5.74, 6) is -1.29. The van der Waals surface area contributed by atoms with Crippen LogP contribution in [0.2, 0.25) is 0 Å². The zero-order chi connectivity index (χ0) is 24.8. The number of aryl methyl sites for hydroxylation is 1. The molecular weight excluding hydrogens is 470 g/mol. The maximum absolute atomic E-state index is 14.7. The number of carbonyl (C=O) groups excluding carboxylic acids is 1. The molecule has 4 heterocycles. The molecule has 0 saturated carbocycles. The number of halogens is 2. The number of nitrogens with zero attached hydrogens (tertiary/aromatic N) is 8. The molecule has 1 unspecified atom stereocenters. The summed E-state index contributed by atoms with van der Waals surface area (Å²) in [7, 11) is 0. The predicted molar refractivity (Wildman–Crippen MR) is 120 cm³/mol. The molecule has 12 heteroatoms. The summed E-state index contributed by atoms with van der Waals surface area (Å²) in [6.07, 6.45) is 2.30. The summed E-state index contributed by atoms with van der Waals surface area (Å²) in [6.45, 7) is 2.42. The summed E-state index contributed by atoms with van der Waals surface area (Å²) in [5.41, 5.74) is 1.42. The van der Waals surface area contributed by atoms with Gasteiger partial charge in [-0.2, -0.15) is 9.94 Å². The zero-order valence-corrected chi connectivity index (χ0v) is 19.2. The summed E-state index contributed by atoms with van der Waals surface area (Å²) in [4.78, 5) is 22.2. The van der Waals surface area contributed by atoms with Crippen molar-refractivity contribution in [1.29, 1.82) is 5.26 Å². The molecule has 0 radical (unpaired) electrons. The first-order chi connectivity index (χ1) is 17.5. The van der Waals surface area contributed by atoms with Crippen LogP contribution in [-0.4, -0.2) is 79.7 Å². The number of piperazine rings is 1. The highest BCUT2D eigenvalue weighted by Gasteiger charge is 2.40. The van der Waals surface area contributed by atoms with E-state index in [1.807, 2.05) is 17.0 Å². The Labute approximate surface area is 205 Å². The van der Waals surface area contributed by atoms with E-state index in [4.69, 9.17) is 10.00 Å². The Morgan fingerprint density at radius 3 is 2.81 bits per heavy atom. The second-order valence-electron chi connectivity index (χ2n) is 9.24. The maximum Gasteiger partial charge on any atom is 0.230 e. The van der Waals surface area contributed by atoms with E-state index >= 15 is 0 Å². The molecular formula is C24H22F2N8O2. The van der Waals surface area contributed by atoms with Crippen molar-refractivity contribution in [3.05, 3.63) is 64.6 Å². The molecule has 36 heavy (non-hydrogen) atoms. The molecule has 0 N–H and O–H groups in total. The summed E-state index contributed by atoms with van der Waals surface area (Å²) < 4.78 is 35.8. The Hall–Kier alpha value is -3.82. The van der Waals surface area contributed by atoms with Gasteiger partial charge >= 0.3 is 0 Å². The number of rotatable bonds is 3. The Balaban J connectivity index is 1.12. The molecule has 184 valence electrons. The first-order valence-electron chi connectivity index (χ1n) is 11.8. The van der Waals surface area contributed by atoms with E-state index in [1.54, 1.807) is 6.07 Å². The van der Waals surface area contributed by atoms with Gasteiger partial charge in [0.15, 0.2) is 5.82 Å². The van der Waals surface area contributed by atoms with E-state index < -0.39 is 23.3 Å². The number of benzene rings is 1. The van der Waals surface area contributed by atoms with Gasteiger partial charge in [0, 0.05) is 37.4 Å². The fourth-order valence-electron chi connectivity index (χ4n) is 5.42. The Kier molecular flexibility index (Phi) is 5.66. The molecule has 2 saturated heterocycles. The largest absolute Gasteiger partial charge is 0.370 e. The molecule has 1 aliphatic carbocycles. The molecule has 2 aliphatic heterocycles. The molecule has 3 atom stereocenters. The minimum absolute atomic E-state index is 0.0147. The lowest BCUT2D eigenvalue weighted by atomic mass is 9.98. The molecule has 6 rings (SSSR count). The third kappa shape index (κ3) is 3.81. The van der Waals surface area contributed by atoms with E-state index in [-0.39, 0.29) is 23.4 Å². The van der Waals surface area contributed by atoms with Gasteiger partial charge in [0.2, 0.25) is 5.91 Å². The van der Waals surface area contributed by atoms with Gasteiger partial charge in [-0.3, -0.25) is 9.69 Å². The molecule has 3 aromatic rings. The third-order valence-corrected chi connectivity index (χ3v) is 7.31. The van der Waals surface area contributed by atoms with Crippen LogP contribution in [0.4, 0.5) is 8.78 Å². The summed E-state index contributed by atoms with van der Waals surface area (Å²) >= 11 is 0. The van der Waals surface area contributed by atoms with Gasteiger partial charge in [0.05, 0.1) is 24.7 Å². The van der Waals surface area contributed by atoms with E-state index in [0.29, 0.717) is 51.4 Å². The number of amides is 1. The fourth-order valence-corrected chi connectivity index (χ4v) is 5.42. The lowest BCUT2D eigenvalue weighted by Gasteiger charge is -2.46. The quantitative estimate of drug-likeness (QED) is 0.541. The van der Waals surface area contributed by atoms with Crippen molar-refractivity contribution in [3.63, 3.8) is 0 Å². The zero-order valence-electron chi connectivity index (χ0n) is 19.2. The van der Waals surface area contributed by atoms with Crippen molar-refractivity contribution in [2.45, 2.75) is 30.9 Å². The van der Waals surface area contributed by atoms with Crippen LogP contribution in [0.25, 0.3) is 5.82 Å². The predicted octanol–water partition coefficient (Wildman–Crippen LogP) is 1.52. The molecule has 3 aliphatic rings. The van der Waals surface area contributed by atoms with E-state index in [1.165, 1.54) is 17.1 Å². The molecule has 10 nitrogen and oxygen atoms in total. The number of ether oxygens (including phenoxy) is 1. The molecule has 1 aromatic carbocycles. The van der Waals surface area contributed by atoms with Crippen molar-refractivity contribution in [2.24, 2.45) is 0 Å². The van der Waals surface area contributed by atoms with Crippen LogP contribution in [0.5, 0.6) is 0 Å². The molecule has 2 fully saturated rings. The Bertz CT molecular complexity index is 1360. The van der Waals surface area contributed by atoms with Crippen molar-refractivity contribution in [2.75, 3.05) is 32.8 Å². The first kappa shape index (κ1) is 22.6. The number of nitriles is 1. The van der Waals surface area contributed by atoms with Gasteiger partial charge in [-0.25, -0.2) is 13.8 Å². The summed E-state index contributed by atoms with van der Waals surface area (Å²) in [5, 5.41) is 20.2. The molecule has 0 spiro atoms. The van der Waals surface area contributed by atoms with Crippen LogP contribution in [0.15, 0.2) is 30.6 Å². The van der Waals surface area contributed by atoms with Crippen molar-refractivity contribution < 1.29 is 18.3 Å². The number of hydrogen-bond acceptors (Lipinski definition) is 8. The SMILES string of the molecule is N#Cc1c(F)ccc([C@@H]2CN3CCN(C(=O)C4CCc5nc(-n6cnnn6)ccc54)C[C@H]3CO2)c1F. The van der Waals surface area contributed by atoms with Crippen molar-refractivity contribution >= 4 is 5.91 Å². The number of tetrazole rings is 1. The number of fused-ring (bicyclic) bond motifs is 2. The van der Waals surface area contributed by atoms with E-state index in [2.05, 4.69) is 25.4 Å². The number of carbonyl (C=O) groups is 1. The first-order valence-corrected chi connectivity index (χ1v) is 11.8. The van der Waals surface area contributed by atoms with Crippen LogP contribution in [0.3, 0.4) is 0 Å². The molecule has 1 amide bonds. The van der Waals surface area contributed by atoms with Gasteiger partial charge in [0.1, 0.15) is 29.6 Å². The van der Waals surface area contributed by atoms with Crippen LogP contribution < -0.4 is 0 Å². The number of hydrogen-bond donors (Lipinski definition) is 0. The Morgan fingerprint density at radius 1 is 1.14 bits per heavy atom. The summed E-state index contributed by atoms with van der Waals surface area (Å²) in [6, 6.07) is 7.77. The topological polar surface area (TPSA) is 113 Å². The second-order valence-corrected chi connectivity index (χ2v) is 9.24.